The Morgan fingerprint density at radius 2 is 1.80 bits per heavy atom. The molecule has 0 N–H and O–H groups in total. The standard InChI is InChI=1S/C18H26N4O3/c1-5-23-15-9-13-7-8-22(11-14(13)10-16(15)24-6-2)12-17-19-18(20-25-17)21(3)4/h9-10H,5-8,11-12H2,1-4H3. The second kappa shape index (κ2) is 7.74. The van der Waals surface area contributed by atoms with Crippen molar-refractivity contribution in [3.63, 3.8) is 0 Å². The summed E-state index contributed by atoms with van der Waals surface area (Å²) in [7, 11) is 3.80. The maximum atomic E-state index is 5.75. The summed E-state index contributed by atoms with van der Waals surface area (Å²) < 4.78 is 16.8. The predicted octanol–water partition coefficient (Wildman–Crippen LogP) is 2.49. The molecule has 0 bridgehead atoms. The summed E-state index contributed by atoms with van der Waals surface area (Å²) in [6.07, 6.45) is 0.969. The Balaban J connectivity index is 1.74. The van der Waals surface area contributed by atoms with Gasteiger partial charge in [-0.25, -0.2) is 0 Å². The number of benzene rings is 1. The van der Waals surface area contributed by atoms with Gasteiger partial charge in [-0.1, -0.05) is 0 Å². The molecule has 2 aromatic rings. The molecular weight excluding hydrogens is 320 g/mol. The van der Waals surface area contributed by atoms with Gasteiger partial charge in [-0.15, -0.1) is 0 Å². The van der Waals surface area contributed by atoms with Gasteiger partial charge in [0, 0.05) is 27.2 Å². The van der Waals surface area contributed by atoms with Crippen molar-refractivity contribution in [1.82, 2.24) is 15.0 Å². The number of ether oxygens (including phenoxy) is 2. The summed E-state index contributed by atoms with van der Waals surface area (Å²) in [5, 5.41) is 3.97. The quantitative estimate of drug-likeness (QED) is 0.763. The summed E-state index contributed by atoms with van der Waals surface area (Å²) in [5.41, 5.74) is 2.59. The number of anilines is 1. The van der Waals surface area contributed by atoms with Gasteiger partial charge in [-0.3, -0.25) is 4.90 Å². The number of hydrogen-bond donors (Lipinski definition) is 0. The first-order valence-electron chi connectivity index (χ1n) is 8.74. The molecule has 1 aliphatic rings. The van der Waals surface area contributed by atoms with Crippen molar-refractivity contribution in [3.8, 4) is 11.5 Å². The van der Waals surface area contributed by atoms with Crippen LogP contribution in [0.25, 0.3) is 0 Å². The Morgan fingerprint density at radius 3 is 2.40 bits per heavy atom. The van der Waals surface area contributed by atoms with Crippen molar-refractivity contribution in [3.05, 3.63) is 29.2 Å². The molecule has 25 heavy (non-hydrogen) atoms. The van der Waals surface area contributed by atoms with Gasteiger partial charge in [-0.2, -0.15) is 4.98 Å². The molecule has 0 radical (unpaired) electrons. The maximum Gasteiger partial charge on any atom is 0.265 e. The van der Waals surface area contributed by atoms with Gasteiger partial charge in [0.2, 0.25) is 5.89 Å². The monoisotopic (exact) mass is 346 g/mol. The van der Waals surface area contributed by atoms with Crippen LogP contribution in [-0.4, -0.2) is 48.9 Å². The Bertz CT molecular complexity index is 714. The predicted molar refractivity (Wildman–Crippen MR) is 95.2 cm³/mol. The van der Waals surface area contributed by atoms with Gasteiger partial charge in [0.25, 0.3) is 5.95 Å². The fourth-order valence-electron chi connectivity index (χ4n) is 2.98. The molecule has 0 unspecified atom stereocenters. The van der Waals surface area contributed by atoms with Crippen LogP contribution < -0.4 is 14.4 Å². The molecule has 3 rings (SSSR count). The van der Waals surface area contributed by atoms with Gasteiger partial charge in [0.1, 0.15) is 0 Å². The fraction of sp³-hybridized carbons (Fsp3) is 0.556. The summed E-state index contributed by atoms with van der Waals surface area (Å²) in [6, 6.07) is 4.23. The summed E-state index contributed by atoms with van der Waals surface area (Å²) in [4.78, 5) is 8.55. The third kappa shape index (κ3) is 4.04. The first-order valence-corrected chi connectivity index (χ1v) is 8.74. The topological polar surface area (TPSA) is 63.9 Å². The van der Waals surface area contributed by atoms with E-state index in [1.54, 1.807) is 0 Å². The second-order valence-electron chi connectivity index (χ2n) is 6.28. The Hall–Kier alpha value is -2.28. The lowest BCUT2D eigenvalue weighted by molar-refractivity contribution is 0.209. The summed E-state index contributed by atoms with van der Waals surface area (Å²) >= 11 is 0. The van der Waals surface area contributed by atoms with Gasteiger partial charge in [0.05, 0.1) is 19.8 Å². The molecule has 7 nitrogen and oxygen atoms in total. The molecule has 2 heterocycles. The number of nitrogens with zero attached hydrogens (tertiary/aromatic N) is 4. The normalized spacial score (nSPS) is 14.2. The van der Waals surface area contributed by atoms with E-state index in [4.69, 9.17) is 14.0 Å². The van der Waals surface area contributed by atoms with Crippen LogP contribution in [0.4, 0.5) is 5.95 Å². The van der Waals surface area contributed by atoms with Crippen molar-refractivity contribution in [1.29, 1.82) is 0 Å². The molecule has 0 fully saturated rings. The van der Waals surface area contributed by atoms with E-state index in [9.17, 15) is 0 Å². The number of fused-ring (bicyclic) bond motifs is 1. The van der Waals surface area contributed by atoms with E-state index in [1.807, 2.05) is 32.8 Å². The van der Waals surface area contributed by atoms with Crippen molar-refractivity contribution >= 4 is 5.95 Å². The lowest BCUT2D eigenvalue weighted by atomic mass is 9.99. The molecule has 1 aliphatic heterocycles. The van der Waals surface area contributed by atoms with Gasteiger partial charge in [-0.05, 0) is 48.7 Å². The van der Waals surface area contributed by atoms with Crippen LogP contribution in [0.15, 0.2) is 16.7 Å². The van der Waals surface area contributed by atoms with Crippen LogP contribution in [0, 0.1) is 0 Å². The Kier molecular flexibility index (Phi) is 5.43. The van der Waals surface area contributed by atoms with Crippen molar-refractivity contribution in [2.24, 2.45) is 0 Å². The molecule has 1 aromatic carbocycles. The first kappa shape index (κ1) is 17.5. The smallest absolute Gasteiger partial charge is 0.265 e. The molecule has 0 spiro atoms. The lowest BCUT2D eigenvalue weighted by Crippen LogP contribution is -2.30. The Labute approximate surface area is 148 Å². The zero-order chi connectivity index (χ0) is 17.8. The first-order chi connectivity index (χ1) is 12.1. The van der Waals surface area contributed by atoms with Crippen LogP contribution in [-0.2, 0) is 19.5 Å². The highest BCUT2D eigenvalue weighted by Crippen LogP contribution is 2.34. The van der Waals surface area contributed by atoms with Crippen LogP contribution in [0.2, 0.25) is 0 Å². The highest BCUT2D eigenvalue weighted by atomic mass is 16.5. The van der Waals surface area contributed by atoms with E-state index in [0.717, 1.165) is 31.0 Å². The molecule has 0 amide bonds. The minimum absolute atomic E-state index is 0.604. The minimum atomic E-state index is 0.604. The number of hydrogen-bond acceptors (Lipinski definition) is 7. The van der Waals surface area contributed by atoms with E-state index in [-0.39, 0.29) is 0 Å². The molecule has 7 heteroatoms. The molecule has 0 aliphatic carbocycles. The molecule has 0 saturated heterocycles. The third-order valence-corrected chi connectivity index (χ3v) is 4.17. The van der Waals surface area contributed by atoms with E-state index in [0.29, 0.717) is 31.6 Å². The number of aromatic nitrogens is 2. The van der Waals surface area contributed by atoms with Crippen LogP contribution in [0.5, 0.6) is 11.5 Å². The second-order valence-corrected chi connectivity index (χ2v) is 6.28. The maximum absolute atomic E-state index is 5.75. The third-order valence-electron chi connectivity index (χ3n) is 4.17. The van der Waals surface area contributed by atoms with E-state index >= 15 is 0 Å². The average Bonchev–Trinajstić information content (AvgIpc) is 3.05. The van der Waals surface area contributed by atoms with Crippen LogP contribution in [0.1, 0.15) is 30.9 Å². The summed E-state index contributed by atoms with van der Waals surface area (Å²) in [6.45, 7) is 7.67. The largest absolute Gasteiger partial charge is 0.490 e. The molecule has 0 saturated carbocycles. The molecule has 1 aromatic heterocycles. The Morgan fingerprint density at radius 1 is 1.12 bits per heavy atom. The van der Waals surface area contributed by atoms with Crippen molar-refractivity contribution in [2.45, 2.75) is 33.4 Å². The van der Waals surface area contributed by atoms with Crippen molar-refractivity contribution in [2.75, 3.05) is 38.8 Å². The van der Waals surface area contributed by atoms with Crippen LogP contribution >= 0.6 is 0 Å². The zero-order valence-electron chi connectivity index (χ0n) is 15.4. The minimum Gasteiger partial charge on any atom is -0.490 e. The fourth-order valence-corrected chi connectivity index (χ4v) is 2.98. The summed E-state index contributed by atoms with van der Waals surface area (Å²) in [5.74, 6) is 2.90. The van der Waals surface area contributed by atoms with Gasteiger partial charge in [0.15, 0.2) is 11.5 Å². The zero-order valence-corrected chi connectivity index (χ0v) is 15.4. The highest BCUT2D eigenvalue weighted by molar-refractivity contribution is 5.48. The van der Waals surface area contributed by atoms with E-state index in [1.165, 1.54) is 11.1 Å². The average molecular weight is 346 g/mol. The van der Waals surface area contributed by atoms with Gasteiger partial charge >= 0.3 is 0 Å². The molecular formula is C18H26N4O3. The van der Waals surface area contributed by atoms with E-state index in [2.05, 4.69) is 27.2 Å². The van der Waals surface area contributed by atoms with Gasteiger partial charge < -0.3 is 18.9 Å². The van der Waals surface area contributed by atoms with E-state index < -0.39 is 0 Å². The van der Waals surface area contributed by atoms with Crippen LogP contribution in [0.3, 0.4) is 0 Å². The highest BCUT2D eigenvalue weighted by Gasteiger charge is 2.21. The molecule has 136 valence electrons. The lowest BCUT2D eigenvalue weighted by Gasteiger charge is -2.28. The molecule has 0 atom stereocenters. The van der Waals surface area contributed by atoms with Crippen molar-refractivity contribution < 1.29 is 14.0 Å². The number of rotatable bonds is 7. The SMILES string of the molecule is CCOc1cc2c(cc1OCC)CN(Cc1nc(N(C)C)no1)CC2.